The lowest BCUT2D eigenvalue weighted by Crippen LogP contribution is -2.31. The Morgan fingerprint density at radius 2 is 2.23 bits per heavy atom. The summed E-state index contributed by atoms with van der Waals surface area (Å²) in [6.45, 7) is 2.56. The van der Waals surface area contributed by atoms with E-state index in [2.05, 4.69) is 15.5 Å². The number of amides is 1. The Balaban J connectivity index is 1.63. The molecule has 116 valence electrons. The number of hydrogen-bond donors (Lipinski definition) is 0. The smallest absolute Gasteiger partial charge is 0.255 e. The van der Waals surface area contributed by atoms with Crippen LogP contribution in [0.3, 0.4) is 0 Å². The van der Waals surface area contributed by atoms with Crippen LogP contribution in [0.15, 0.2) is 9.90 Å². The minimum atomic E-state index is -0.0379. The zero-order valence-corrected chi connectivity index (χ0v) is 13.5. The Morgan fingerprint density at radius 3 is 3.05 bits per heavy atom. The monoisotopic (exact) mass is 317 g/mol. The second-order valence-electron chi connectivity index (χ2n) is 6.09. The van der Waals surface area contributed by atoms with Crippen molar-refractivity contribution in [3.63, 3.8) is 0 Å². The fraction of sp³-hybridized carbons (Fsp3) is 0.562. The normalized spacial score (nSPS) is 21.1. The zero-order valence-electron chi connectivity index (χ0n) is 12.7. The number of thiophene rings is 1. The van der Waals surface area contributed by atoms with Crippen molar-refractivity contribution in [3.8, 4) is 0 Å². The molecule has 0 bridgehead atoms. The van der Waals surface area contributed by atoms with Crippen LogP contribution < -0.4 is 0 Å². The lowest BCUT2D eigenvalue weighted by Gasteiger charge is -2.23. The summed E-state index contributed by atoms with van der Waals surface area (Å²) in [6.07, 6.45) is 6.51. The van der Waals surface area contributed by atoms with Crippen molar-refractivity contribution in [3.05, 3.63) is 33.1 Å². The van der Waals surface area contributed by atoms with Gasteiger partial charge in [0.15, 0.2) is 5.82 Å². The second kappa shape index (κ2) is 5.50. The van der Waals surface area contributed by atoms with Crippen LogP contribution in [0.4, 0.5) is 0 Å². The van der Waals surface area contributed by atoms with Crippen molar-refractivity contribution < 1.29 is 9.32 Å². The maximum atomic E-state index is 13.0. The molecule has 6 heteroatoms. The first-order chi connectivity index (χ1) is 10.7. The molecule has 0 radical (unpaired) electrons. The zero-order chi connectivity index (χ0) is 15.1. The van der Waals surface area contributed by atoms with E-state index in [0.717, 1.165) is 37.8 Å². The van der Waals surface area contributed by atoms with Gasteiger partial charge in [-0.2, -0.15) is 4.98 Å². The van der Waals surface area contributed by atoms with Crippen LogP contribution in [-0.4, -0.2) is 27.5 Å². The van der Waals surface area contributed by atoms with Crippen molar-refractivity contribution in [2.75, 3.05) is 6.54 Å². The first-order valence-corrected chi connectivity index (χ1v) is 8.82. The predicted molar refractivity (Wildman–Crippen MR) is 83.0 cm³/mol. The molecule has 3 heterocycles. The molecule has 2 aliphatic rings. The van der Waals surface area contributed by atoms with E-state index < -0.39 is 0 Å². The predicted octanol–water partition coefficient (Wildman–Crippen LogP) is 3.30. The molecule has 1 amide bonds. The maximum Gasteiger partial charge on any atom is 0.255 e. The average molecular weight is 317 g/mol. The largest absolute Gasteiger partial charge is 0.340 e. The van der Waals surface area contributed by atoms with Gasteiger partial charge < -0.3 is 9.42 Å². The summed E-state index contributed by atoms with van der Waals surface area (Å²) < 4.78 is 5.09. The van der Waals surface area contributed by atoms with Gasteiger partial charge in [0.2, 0.25) is 5.89 Å². The van der Waals surface area contributed by atoms with Crippen LogP contribution >= 0.6 is 11.3 Å². The first-order valence-electron chi connectivity index (χ1n) is 7.94. The molecule has 22 heavy (non-hydrogen) atoms. The molecular weight excluding hydrogens is 298 g/mol. The molecule has 5 nitrogen and oxygen atoms in total. The number of aryl methyl sites for hydroxylation is 2. The van der Waals surface area contributed by atoms with Gasteiger partial charge in [-0.05, 0) is 44.1 Å². The van der Waals surface area contributed by atoms with E-state index in [-0.39, 0.29) is 11.9 Å². The fourth-order valence-electron chi connectivity index (χ4n) is 3.56. The van der Waals surface area contributed by atoms with Crippen LogP contribution in [0.5, 0.6) is 0 Å². The minimum absolute atomic E-state index is 0.0379. The number of carbonyl (C=O) groups excluding carboxylic acids is 1. The standard InChI is InChI=1S/C16H19N3O2S/c1-10-17-15(18-21-10)13-6-4-8-19(13)16(20)12-9-22-14-7-3-2-5-11(12)14/h9,13H,2-8H2,1H3/t13-/m0/s1. The Labute approximate surface area is 133 Å². The summed E-state index contributed by atoms with van der Waals surface area (Å²) in [7, 11) is 0. The second-order valence-corrected chi connectivity index (χ2v) is 7.05. The Kier molecular flexibility index (Phi) is 3.48. The Morgan fingerprint density at radius 1 is 1.36 bits per heavy atom. The summed E-state index contributed by atoms with van der Waals surface area (Å²) in [5, 5.41) is 6.07. The molecule has 0 N–H and O–H groups in total. The molecule has 1 fully saturated rings. The van der Waals surface area contributed by atoms with Gasteiger partial charge in [-0.25, -0.2) is 0 Å². The molecule has 0 aromatic carbocycles. The van der Waals surface area contributed by atoms with Crippen LogP contribution in [-0.2, 0) is 12.8 Å². The number of aromatic nitrogens is 2. The summed E-state index contributed by atoms with van der Waals surface area (Å²) in [6, 6.07) is -0.0379. The molecule has 1 aliphatic carbocycles. The number of likely N-dealkylation sites (tertiary alicyclic amines) is 1. The molecule has 2 aromatic heterocycles. The Hall–Kier alpha value is -1.69. The third kappa shape index (κ3) is 2.26. The molecular formula is C16H19N3O2S. The summed E-state index contributed by atoms with van der Waals surface area (Å²) in [5.41, 5.74) is 2.20. The molecule has 1 saturated heterocycles. The van der Waals surface area contributed by atoms with E-state index in [4.69, 9.17) is 4.52 Å². The van der Waals surface area contributed by atoms with Crippen LogP contribution in [0.2, 0.25) is 0 Å². The highest BCUT2D eigenvalue weighted by Gasteiger charge is 2.35. The number of hydrogen-bond acceptors (Lipinski definition) is 5. The van der Waals surface area contributed by atoms with E-state index in [1.807, 2.05) is 4.90 Å². The molecule has 0 spiro atoms. The molecule has 4 rings (SSSR count). The molecule has 1 aliphatic heterocycles. The number of rotatable bonds is 2. The van der Waals surface area contributed by atoms with E-state index in [9.17, 15) is 4.79 Å². The van der Waals surface area contributed by atoms with Crippen LogP contribution in [0, 0.1) is 6.92 Å². The van der Waals surface area contributed by atoms with Gasteiger partial charge in [-0.3, -0.25) is 4.79 Å². The van der Waals surface area contributed by atoms with E-state index in [1.54, 1.807) is 18.3 Å². The lowest BCUT2D eigenvalue weighted by atomic mass is 9.95. The lowest BCUT2D eigenvalue weighted by molar-refractivity contribution is 0.0727. The molecule has 1 atom stereocenters. The third-order valence-corrected chi connectivity index (χ3v) is 5.74. The van der Waals surface area contributed by atoms with E-state index in [0.29, 0.717) is 11.7 Å². The molecule has 2 aromatic rings. The van der Waals surface area contributed by atoms with E-state index in [1.165, 1.54) is 23.3 Å². The van der Waals surface area contributed by atoms with Crippen molar-refractivity contribution >= 4 is 17.2 Å². The van der Waals surface area contributed by atoms with Crippen molar-refractivity contribution in [2.45, 2.75) is 51.5 Å². The van der Waals surface area contributed by atoms with Crippen molar-refractivity contribution in [1.82, 2.24) is 15.0 Å². The number of carbonyl (C=O) groups is 1. The summed E-state index contributed by atoms with van der Waals surface area (Å²) in [4.78, 5) is 20.7. The topological polar surface area (TPSA) is 59.2 Å². The van der Waals surface area contributed by atoms with Gasteiger partial charge in [-0.1, -0.05) is 5.16 Å². The van der Waals surface area contributed by atoms with Gasteiger partial charge in [0.05, 0.1) is 11.6 Å². The van der Waals surface area contributed by atoms with Gasteiger partial charge in [0, 0.05) is 23.7 Å². The van der Waals surface area contributed by atoms with Crippen LogP contribution in [0.1, 0.15) is 64.2 Å². The quantitative estimate of drug-likeness (QED) is 0.853. The first kappa shape index (κ1) is 13.9. The Bertz CT molecular complexity index is 706. The van der Waals surface area contributed by atoms with Crippen molar-refractivity contribution in [1.29, 1.82) is 0 Å². The SMILES string of the molecule is Cc1nc([C@@H]2CCCN2C(=O)c2csc3c2CCCC3)no1. The molecule has 0 saturated carbocycles. The summed E-state index contributed by atoms with van der Waals surface area (Å²) in [5.74, 6) is 1.35. The molecule has 0 unspecified atom stereocenters. The number of nitrogens with zero attached hydrogens (tertiary/aromatic N) is 3. The highest BCUT2D eigenvalue weighted by atomic mass is 32.1. The van der Waals surface area contributed by atoms with Gasteiger partial charge in [0.25, 0.3) is 5.91 Å². The average Bonchev–Trinajstić information content (AvgIpc) is 3.25. The maximum absolute atomic E-state index is 13.0. The van der Waals surface area contributed by atoms with Crippen LogP contribution in [0.25, 0.3) is 0 Å². The number of fused-ring (bicyclic) bond motifs is 1. The minimum Gasteiger partial charge on any atom is -0.340 e. The van der Waals surface area contributed by atoms with Gasteiger partial charge in [-0.15, -0.1) is 11.3 Å². The fourth-order valence-corrected chi connectivity index (χ4v) is 4.68. The highest BCUT2D eigenvalue weighted by Crippen LogP contribution is 2.35. The van der Waals surface area contributed by atoms with E-state index >= 15 is 0 Å². The third-order valence-electron chi connectivity index (χ3n) is 4.65. The summed E-state index contributed by atoms with van der Waals surface area (Å²) >= 11 is 1.74. The van der Waals surface area contributed by atoms with Crippen molar-refractivity contribution in [2.24, 2.45) is 0 Å². The van der Waals surface area contributed by atoms with Gasteiger partial charge in [0.1, 0.15) is 0 Å². The highest BCUT2D eigenvalue weighted by molar-refractivity contribution is 7.10. The van der Waals surface area contributed by atoms with Gasteiger partial charge >= 0.3 is 0 Å².